The number of aliphatic hydroxyl groups is 3. The molecule has 226 valence electrons. The predicted octanol–water partition coefficient (Wildman–Crippen LogP) is 6.55. The number of hydrogen-bond donors (Lipinski definition) is 3. The van der Waals surface area contributed by atoms with Crippen LogP contribution in [0, 0.1) is 52.3 Å². The second kappa shape index (κ2) is 11.3. The van der Waals surface area contributed by atoms with Crippen LogP contribution in [0.1, 0.15) is 126 Å². The van der Waals surface area contributed by atoms with E-state index in [1.807, 2.05) is 13.8 Å². The van der Waals surface area contributed by atoms with Gasteiger partial charge in [0.05, 0.1) is 24.4 Å². The van der Waals surface area contributed by atoms with Crippen molar-refractivity contribution in [2.24, 2.45) is 52.3 Å². The number of aliphatic hydroxyl groups excluding tert-OH is 2. The molecule has 4 rings (SSSR count). The van der Waals surface area contributed by atoms with Crippen molar-refractivity contribution in [1.29, 1.82) is 0 Å². The lowest BCUT2D eigenvalue weighted by atomic mass is 9.41. The van der Waals surface area contributed by atoms with Crippen LogP contribution in [0.5, 0.6) is 0 Å². The average Bonchev–Trinajstić information content (AvgIpc) is 3.20. The summed E-state index contributed by atoms with van der Waals surface area (Å²) in [7, 11) is 0. The third kappa shape index (κ3) is 5.90. The molecule has 0 spiro atoms. The Morgan fingerprint density at radius 3 is 2.26 bits per heavy atom. The lowest BCUT2D eigenvalue weighted by Gasteiger charge is -2.64. The highest BCUT2D eigenvalue weighted by Gasteiger charge is 2.64. The number of rotatable bonds is 10. The van der Waals surface area contributed by atoms with Crippen LogP contribution in [-0.4, -0.2) is 51.1 Å². The zero-order valence-corrected chi connectivity index (χ0v) is 26.3. The van der Waals surface area contributed by atoms with Crippen molar-refractivity contribution in [3.8, 4) is 0 Å². The molecule has 4 aliphatic rings. The molecule has 5 unspecified atom stereocenters. The lowest BCUT2D eigenvalue weighted by molar-refractivity contribution is -0.203. The molecule has 0 aromatic heterocycles. The molecule has 5 nitrogen and oxygen atoms in total. The van der Waals surface area contributed by atoms with Crippen molar-refractivity contribution in [2.45, 2.75) is 149 Å². The van der Waals surface area contributed by atoms with Crippen LogP contribution >= 0.6 is 0 Å². The van der Waals surface area contributed by atoms with Crippen LogP contribution in [0.25, 0.3) is 0 Å². The van der Waals surface area contributed by atoms with Crippen molar-refractivity contribution in [1.82, 2.24) is 0 Å². The van der Waals surface area contributed by atoms with Gasteiger partial charge in [-0.3, -0.25) is 4.79 Å². The fourth-order valence-corrected chi connectivity index (χ4v) is 10.4. The highest BCUT2D eigenvalue weighted by atomic mass is 16.5. The van der Waals surface area contributed by atoms with Gasteiger partial charge in [-0.2, -0.15) is 0 Å². The van der Waals surface area contributed by atoms with Gasteiger partial charge in [-0.25, -0.2) is 0 Å². The first kappa shape index (κ1) is 31.4. The molecule has 0 aliphatic heterocycles. The molecule has 4 fully saturated rings. The molecule has 0 radical (unpaired) electrons. The molecule has 0 aromatic rings. The molecule has 0 bridgehead atoms. The Hall–Kier alpha value is -0.490. The zero-order chi connectivity index (χ0) is 29.0. The van der Waals surface area contributed by atoms with E-state index in [9.17, 15) is 20.1 Å². The van der Waals surface area contributed by atoms with Gasteiger partial charge < -0.3 is 20.1 Å². The SMILES string of the molecule is CC[C@@H]1C2C[C@H](O)CC[C@]2(C)C2CC[C@@]3(C)C(CCC3[C@H](C)CCC(=O)C(C)(C)OCCC(C)(C)O)C2[C@@H]1O. The van der Waals surface area contributed by atoms with E-state index < -0.39 is 11.2 Å². The molecule has 11 atom stereocenters. The molecule has 0 saturated heterocycles. The third-order valence-corrected chi connectivity index (χ3v) is 12.8. The maximum atomic E-state index is 13.2. The number of fused-ring (bicyclic) bond motifs is 5. The first-order valence-electron chi connectivity index (χ1n) is 16.3. The Morgan fingerprint density at radius 1 is 0.974 bits per heavy atom. The summed E-state index contributed by atoms with van der Waals surface area (Å²) in [6.07, 6.45) is 10.2. The summed E-state index contributed by atoms with van der Waals surface area (Å²) in [5, 5.41) is 32.4. The number of carbonyl (C=O) groups excluding carboxylic acids is 1. The third-order valence-electron chi connectivity index (χ3n) is 12.8. The summed E-state index contributed by atoms with van der Waals surface area (Å²) in [6, 6.07) is 0. The van der Waals surface area contributed by atoms with Gasteiger partial charge in [-0.05, 0) is 138 Å². The Morgan fingerprint density at radius 2 is 1.62 bits per heavy atom. The summed E-state index contributed by atoms with van der Waals surface area (Å²) < 4.78 is 5.93. The Labute approximate surface area is 238 Å². The van der Waals surface area contributed by atoms with Crippen molar-refractivity contribution in [3.05, 3.63) is 0 Å². The molecule has 4 aliphatic carbocycles. The summed E-state index contributed by atoms with van der Waals surface area (Å²) in [6.45, 7) is 17.3. The van der Waals surface area contributed by atoms with Crippen LogP contribution in [-0.2, 0) is 9.53 Å². The maximum absolute atomic E-state index is 13.2. The highest BCUT2D eigenvalue weighted by molar-refractivity contribution is 5.86. The van der Waals surface area contributed by atoms with Crippen LogP contribution < -0.4 is 0 Å². The summed E-state index contributed by atoms with van der Waals surface area (Å²) in [5.74, 6) is 3.40. The zero-order valence-electron chi connectivity index (χ0n) is 26.3. The van der Waals surface area contributed by atoms with Gasteiger partial charge in [0.1, 0.15) is 5.60 Å². The van der Waals surface area contributed by atoms with E-state index in [-0.39, 0.29) is 28.8 Å². The summed E-state index contributed by atoms with van der Waals surface area (Å²) >= 11 is 0. The van der Waals surface area contributed by atoms with E-state index in [2.05, 4.69) is 27.7 Å². The molecule has 39 heavy (non-hydrogen) atoms. The van der Waals surface area contributed by atoms with Crippen LogP contribution in [0.15, 0.2) is 0 Å². The monoisotopic (exact) mass is 548 g/mol. The lowest BCUT2D eigenvalue weighted by Crippen LogP contribution is -2.62. The minimum atomic E-state index is -0.827. The van der Waals surface area contributed by atoms with Gasteiger partial charge in [0.15, 0.2) is 5.78 Å². The largest absolute Gasteiger partial charge is 0.393 e. The standard InChI is InChI=1S/C34H60O5/c1-9-23-27-20-22(35)14-16-34(27,8)26-15-17-33(7)24(11-12-25(33)29(26)30(23)37)21(2)10-13-28(36)32(5,6)39-19-18-31(3,4)38/h21-27,29-30,35,37-38H,9-20H2,1-8H3/t21-,22-,23-,24?,25?,26?,27?,29?,30-,33-,34-/m1/s1. The molecule has 3 N–H and O–H groups in total. The van der Waals surface area contributed by atoms with Crippen molar-refractivity contribution in [3.63, 3.8) is 0 Å². The molecule has 4 saturated carbocycles. The second-order valence-electron chi connectivity index (χ2n) is 16.0. The predicted molar refractivity (Wildman–Crippen MR) is 156 cm³/mol. The van der Waals surface area contributed by atoms with E-state index in [4.69, 9.17) is 4.74 Å². The van der Waals surface area contributed by atoms with Gasteiger partial charge in [0, 0.05) is 6.42 Å². The van der Waals surface area contributed by atoms with E-state index in [1.165, 1.54) is 25.7 Å². The number of ketones is 1. The number of carbonyl (C=O) groups is 1. The minimum Gasteiger partial charge on any atom is -0.393 e. The molecular formula is C34H60O5. The van der Waals surface area contributed by atoms with Crippen molar-refractivity contribution >= 4 is 5.78 Å². The molecule has 0 heterocycles. The van der Waals surface area contributed by atoms with E-state index in [1.54, 1.807) is 13.8 Å². The first-order valence-corrected chi connectivity index (χ1v) is 16.3. The quantitative estimate of drug-likeness (QED) is 0.288. The second-order valence-corrected chi connectivity index (χ2v) is 16.0. The van der Waals surface area contributed by atoms with E-state index in [0.717, 1.165) is 32.1 Å². The Kier molecular flexibility index (Phi) is 9.11. The topological polar surface area (TPSA) is 87.0 Å². The number of hydrogen-bond acceptors (Lipinski definition) is 5. The summed E-state index contributed by atoms with van der Waals surface area (Å²) in [4.78, 5) is 13.2. The van der Waals surface area contributed by atoms with E-state index >= 15 is 0 Å². The van der Waals surface area contributed by atoms with Crippen LogP contribution in [0.2, 0.25) is 0 Å². The Bertz CT molecular complexity index is 862. The number of Topliss-reactive ketones (excluding diaryl/α,β-unsaturated/α-hetero) is 1. The van der Waals surface area contributed by atoms with Crippen molar-refractivity contribution < 1.29 is 24.9 Å². The molecule has 5 heteroatoms. The highest BCUT2D eigenvalue weighted by Crippen LogP contribution is 2.69. The maximum Gasteiger partial charge on any atom is 0.164 e. The molecular weight excluding hydrogens is 488 g/mol. The first-order chi connectivity index (χ1) is 18.0. The molecule has 0 amide bonds. The smallest absolute Gasteiger partial charge is 0.164 e. The number of ether oxygens (including phenoxy) is 1. The normalized spacial score (nSPS) is 43.4. The fraction of sp³-hybridized carbons (Fsp3) is 0.971. The summed E-state index contributed by atoms with van der Waals surface area (Å²) in [5.41, 5.74) is -1.16. The molecule has 0 aromatic carbocycles. The Balaban J connectivity index is 1.43. The van der Waals surface area contributed by atoms with Gasteiger partial charge in [0.2, 0.25) is 0 Å². The van der Waals surface area contributed by atoms with Crippen LogP contribution in [0.4, 0.5) is 0 Å². The van der Waals surface area contributed by atoms with E-state index in [0.29, 0.717) is 60.9 Å². The van der Waals surface area contributed by atoms with Gasteiger partial charge in [0.25, 0.3) is 0 Å². The van der Waals surface area contributed by atoms with Gasteiger partial charge in [-0.15, -0.1) is 0 Å². The van der Waals surface area contributed by atoms with Crippen molar-refractivity contribution in [2.75, 3.05) is 6.61 Å². The van der Waals surface area contributed by atoms with Gasteiger partial charge >= 0.3 is 0 Å². The minimum absolute atomic E-state index is 0.153. The van der Waals surface area contributed by atoms with Crippen LogP contribution in [0.3, 0.4) is 0 Å². The van der Waals surface area contributed by atoms with Gasteiger partial charge in [-0.1, -0.05) is 34.1 Å². The average molecular weight is 549 g/mol. The fourth-order valence-electron chi connectivity index (χ4n) is 10.4.